The maximum atomic E-state index is 11.8. The zero-order valence-corrected chi connectivity index (χ0v) is 13.7. The Balaban J connectivity index is 2.99. The van der Waals surface area contributed by atoms with Gasteiger partial charge < -0.3 is 4.74 Å². The molecule has 0 radical (unpaired) electrons. The summed E-state index contributed by atoms with van der Waals surface area (Å²) in [5.41, 5.74) is 2.27. The van der Waals surface area contributed by atoms with Crippen LogP contribution in [0.25, 0.3) is 0 Å². The molecule has 0 aliphatic rings. The number of anilines is 1. The summed E-state index contributed by atoms with van der Waals surface area (Å²) in [6.45, 7) is 7.57. The molecule has 0 aromatic carbocycles. The first-order valence-electron chi connectivity index (χ1n) is 6.44. The molecule has 1 heterocycles. The van der Waals surface area contributed by atoms with E-state index >= 15 is 0 Å². The molecule has 0 fully saturated rings. The molecule has 1 aromatic heterocycles. The number of nitrogens with zero attached hydrogens (tertiary/aromatic N) is 3. The van der Waals surface area contributed by atoms with E-state index in [4.69, 9.17) is 4.74 Å². The fourth-order valence-electron chi connectivity index (χ4n) is 1.46. The van der Waals surface area contributed by atoms with Crippen LogP contribution < -0.4 is 10.4 Å². The summed E-state index contributed by atoms with van der Waals surface area (Å²) in [6, 6.07) is 0. The number of aromatic nitrogens is 2. The Morgan fingerprint density at radius 1 is 1.52 bits per heavy atom. The van der Waals surface area contributed by atoms with Crippen LogP contribution in [-0.4, -0.2) is 40.7 Å². The van der Waals surface area contributed by atoms with E-state index in [2.05, 4.69) is 15.4 Å². The van der Waals surface area contributed by atoms with Crippen molar-refractivity contribution >= 4 is 30.0 Å². The normalized spacial score (nSPS) is 10.9. The van der Waals surface area contributed by atoms with Crippen molar-refractivity contribution in [1.29, 1.82) is 0 Å². The molecule has 21 heavy (non-hydrogen) atoms. The summed E-state index contributed by atoms with van der Waals surface area (Å²) in [5.74, 6) is 0.345. The van der Waals surface area contributed by atoms with E-state index in [0.29, 0.717) is 29.4 Å². The second-order valence-corrected chi connectivity index (χ2v) is 5.88. The third kappa shape index (κ3) is 5.22. The van der Waals surface area contributed by atoms with Crippen LogP contribution in [0.1, 0.15) is 38.1 Å². The van der Waals surface area contributed by atoms with Crippen LogP contribution in [0.2, 0.25) is 0 Å². The first kappa shape index (κ1) is 17.2. The van der Waals surface area contributed by atoms with Gasteiger partial charge in [0.2, 0.25) is 0 Å². The van der Waals surface area contributed by atoms with E-state index in [1.165, 1.54) is 23.0 Å². The van der Waals surface area contributed by atoms with Crippen LogP contribution in [0.15, 0.2) is 11.4 Å². The van der Waals surface area contributed by atoms with Gasteiger partial charge in [-0.15, -0.1) is 0 Å². The van der Waals surface area contributed by atoms with Crippen molar-refractivity contribution in [2.75, 3.05) is 17.8 Å². The van der Waals surface area contributed by atoms with E-state index in [1.807, 2.05) is 13.2 Å². The van der Waals surface area contributed by atoms with Crippen molar-refractivity contribution in [2.45, 2.75) is 38.5 Å². The highest BCUT2D eigenvalue weighted by molar-refractivity contribution is 7.98. The quantitative estimate of drug-likeness (QED) is 0.386. The Bertz CT molecular complexity index is 517. The van der Waals surface area contributed by atoms with Gasteiger partial charge in [-0.25, -0.2) is 20.2 Å². The zero-order valence-electron chi connectivity index (χ0n) is 12.8. The van der Waals surface area contributed by atoms with Gasteiger partial charge in [0.15, 0.2) is 17.3 Å². The number of rotatable bonds is 5. The van der Waals surface area contributed by atoms with Gasteiger partial charge in [0.05, 0.1) is 5.56 Å². The monoisotopic (exact) mass is 312 g/mol. The van der Waals surface area contributed by atoms with Crippen molar-refractivity contribution in [3.05, 3.63) is 11.8 Å². The molecule has 0 aliphatic heterocycles. The van der Waals surface area contributed by atoms with Crippen molar-refractivity contribution in [3.8, 4) is 0 Å². The highest BCUT2D eigenvalue weighted by atomic mass is 32.2. The number of ether oxygens (including phenoxy) is 1. The number of aldehydes is 1. The van der Waals surface area contributed by atoms with E-state index in [9.17, 15) is 9.59 Å². The highest BCUT2D eigenvalue weighted by Crippen LogP contribution is 2.18. The summed E-state index contributed by atoms with van der Waals surface area (Å²) in [7, 11) is 0. The SMILES string of the molecule is CCN(NC(=O)OC(C)(C)C)c1nc(SC)ncc1C=O. The second kappa shape index (κ2) is 7.26. The van der Waals surface area contributed by atoms with Gasteiger partial charge in [-0.2, -0.15) is 0 Å². The minimum absolute atomic E-state index is 0.297. The van der Waals surface area contributed by atoms with Crippen LogP contribution in [0.3, 0.4) is 0 Å². The third-order valence-electron chi connectivity index (χ3n) is 2.28. The molecule has 1 N–H and O–H groups in total. The first-order valence-corrected chi connectivity index (χ1v) is 7.66. The van der Waals surface area contributed by atoms with Gasteiger partial charge >= 0.3 is 6.09 Å². The number of amides is 1. The number of hydrazine groups is 1. The molecule has 116 valence electrons. The molecule has 1 amide bonds. The fourth-order valence-corrected chi connectivity index (χ4v) is 1.79. The standard InChI is InChI=1S/C13H20N4O3S/c1-6-17(16-12(19)20-13(2,3)4)10-9(8-18)7-14-11(15-10)21-5/h7-8H,6H2,1-5H3,(H,16,19). The van der Waals surface area contributed by atoms with Crippen LogP contribution in [0.4, 0.5) is 10.6 Å². The molecule has 0 saturated heterocycles. The summed E-state index contributed by atoms with van der Waals surface area (Å²) in [4.78, 5) is 31.2. The van der Waals surface area contributed by atoms with E-state index in [-0.39, 0.29) is 0 Å². The Hall–Kier alpha value is -1.83. The second-order valence-electron chi connectivity index (χ2n) is 5.11. The summed E-state index contributed by atoms with van der Waals surface area (Å²) in [6.07, 6.45) is 3.31. The number of hydrogen-bond donors (Lipinski definition) is 1. The van der Waals surface area contributed by atoms with Gasteiger partial charge in [0.25, 0.3) is 0 Å². The molecule has 7 nitrogen and oxygen atoms in total. The fraction of sp³-hybridized carbons (Fsp3) is 0.538. The number of carbonyl (C=O) groups is 2. The lowest BCUT2D eigenvalue weighted by atomic mass is 10.2. The molecule has 0 saturated carbocycles. The average Bonchev–Trinajstić information content (AvgIpc) is 2.42. The van der Waals surface area contributed by atoms with Crippen molar-refractivity contribution in [2.24, 2.45) is 0 Å². The number of nitrogens with one attached hydrogen (secondary N) is 1. The lowest BCUT2D eigenvalue weighted by Gasteiger charge is -2.26. The highest BCUT2D eigenvalue weighted by Gasteiger charge is 2.20. The van der Waals surface area contributed by atoms with Crippen LogP contribution >= 0.6 is 11.8 Å². The van der Waals surface area contributed by atoms with Gasteiger partial charge in [0, 0.05) is 12.7 Å². The smallest absolute Gasteiger partial charge is 0.426 e. The van der Waals surface area contributed by atoms with E-state index in [0.717, 1.165) is 0 Å². The Kier molecular flexibility index (Phi) is 5.95. The predicted octanol–water partition coefficient (Wildman–Crippen LogP) is 2.28. The lowest BCUT2D eigenvalue weighted by molar-refractivity contribution is 0.0520. The molecule has 0 aliphatic carbocycles. The van der Waals surface area contributed by atoms with Gasteiger partial charge in [-0.3, -0.25) is 9.80 Å². The first-order chi connectivity index (χ1) is 9.80. The Morgan fingerprint density at radius 2 is 2.19 bits per heavy atom. The van der Waals surface area contributed by atoms with E-state index < -0.39 is 11.7 Å². The summed E-state index contributed by atoms with van der Waals surface area (Å²) < 4.78 is 5.19. The maximum Gasteiger partial charge on any atom is 0.426 e. The number of thioether (sulfide) groups is 1. The third-order valence-corrected chi connectivity index (χ3v) is 2.84. The van der Waals surface area contributed by atoms with Gasteiger partial charge in [0.1, 0.15) is 5.60 Å². The molecule has 0 atom stereocenters. The topological polar surface area (TPSA) is 84.4 Å². The van der Waals surface area contributed by atoms with Gasteiger partial charge in [-0.05, 0) is 34.0 Å². The largest absolute Gasteiger partial charge is 0.443 e. The molecule has 0 spiro atoms. The van der Waals surface area contributed by atoms with Crippen LogP contribution in [0, 0.1) is 0 Å². The zero-order chi connectivity index (χ0) is 16.0. The number of carbonyl (C=O) groups excluding carboxylic acids is 2. The average molecular weight is 312 g/mol. The van der Waals surface area contributed by atoms with Crippen molar-refractivity contribution < 1.29 is 14.3 Å². The number of hydrogen-bond acceptors (Lipinski definition) is 7. The summed E-state index contributed by atoms with van der Waals surface area (Å²) in [5, 5.41) is 1.97. The van der Waals surface area contributed by atoms with Gasteiger partial charge in [-0.1, -0.05) is 11.8 Å². The maximum absolute atomic E-state index is 11.8. The molecule has 1 rings (SSSR count). The predicted molar refractivity (Wildman–Crippen MR) is 81.6 cm³/mol. The molecular weight excluding hydrogens is 292 g/mol. The van der Waals surface area contributed by atoms with E-state index in [1.54, 1.807) is 20.8 Å². The molecule has 0 unspecified atom stereocenters. The molecular formula is C13H20N4O3S. The Morgan fingerprint density at radius 3 is 2.67 bits per heavy atom. The van der Waals surface area contributed by atoms with Crippen LogP contribution in [0.5, 0.6) is 0 Å². The van der Waals surface area contributed by atoms with Crippen molar-refractivity contribution in [1.82, 2.24) is 15.4 Å². The molecule has 0 bridgehead atoms. The minimum Gasteiger partial charge on any atom is -0.443 e. The minimum atomic E-state index is -0.606. The molecule has 1 aromatic rings. The lowest BCUT2D eigenvalue weighted by Crippen LogP contribution is -2.45. The van der Waals surface area contributed by atoms with Crippen molar-refractivity contribution in [3.63, 3.8) is 0 Å². The van der Waals surface area contributed by atoms with Crippen LogP contribution in [-0.2, 0) is 4.74 Å². The summed E-state index contributed by atoms with van der Waals surface area (Å²) >= 11 is 1.35. The Labute approximate surface area is 128 Å². The molecule has 8 heteroatoms.